The maximum absolute atomic E-state index is 13.8. The summed E-state index contributed by atoms with van der Waals surface area (Å²) >= 11 is 0. The van der Waals surface area contributed by atoms with E-state index >= 15 is 0 Å². The van der Waals surface area contributed by atoms with Gasteiger partial charge in [0.2, 0.25) is 10.0 Å². The number of nitrogens with one attached hydrogen (secondary N) is 1. The Hall–Kier alpha value is -3.69. The number of hydrogen-bond acceptors (Lipinski definition) is 11. The maximum Gasteiger partial charge on any atom is 0.413 e. The largest absolute Gasteiger partial charge is 0.497 e. The first-order valence-corrected chi connectivity index (χ1v) is 19.8. The summed E-state index contributed by atoms with van der Waals surface area (Å²) in [6.07, 6.45) is -2.94. The van der Waals surface area contributed by atoms with Gasteiger partial charge in [-0.25, -0.2) is 17.8 Å². The van der Waals surface area contributed by atoms with Crippen molar-refractivity contribution in [3.8, 4) is 17.2 Å². The van der Waals surface area contributed by atoms with Gasteiger partial charge in [-0.3, -0.25) is 0 Å². The third-order valence-electron chi connectivity index (χ3n) is 8.43. The van der Waals surface area contributed by atoms with Crippen LogP contribution in [-0.2, 0) is 35.2 Å². The van der Waals surface area contributed by atoms with E-state index in [1.54, 1.807) is 66.7 Å². The quantitative estimate of drug-likeness (QED) is 0.166. The first kappa shape index (κ1) is 38.5. The summed E-state index contributed by atoms with van der Waals surface area (Å²) < 4.78 is 74.0. The van der Waals surface area contributed by atoms with E-state index in [1.165, 1.54) is 23.5 Å². The second-order valence-corrected chi connectivity index (χ2v) is 16.5. The molecule has 5 rings (SSSR count). The second kappa shape index (κ2) is 17.2. The van der Waals surface area contributed by atoms with E-state index in [1.807, 2.05) is 13.8 Å². The molecule has 0 aliphatic carbocycles. The molecule has 2 aliphatic heterocycles. The van der Waals surface area contributed by atoms with Crippen molar-refractivity contribution in [3.05, 3.63) is 84.4 Å². The molecule has 16 heteroatoms. The van der Waals surface area contributed by atoms with Gasteiger partial charge in [0.1, 0.15) is 23.4 Å². The van der Waals surface area contributed by atoms with Gasteiger partial charge < -0.3 is 43.5 Å². The lowest BCUT2D eigenvalue weighted by molar-refractivity contribution is -0.0907. The smallest absolute Gasteiger partial charge is 0.413 e. The standard InChI is InChI=1S/C35H45N2O12PS/c1-24(2)20-37(51(42,43)29-15-13-26(44-3)14-16-29)21-32(38)31(36-35(39)48-33-22-46-34-30(33)17-18-45-34)19-25-9-11-27(12-10-25)47-23-50(40,41)49-28-7-5-4-6-8-28/h4-16,24,30-34,38H,17-23H2,1-3H3,(H,36,39)(H,40,41)/t30?,31-,32+,33-,34?/m0/s1. The number of hydrogen-bond donors (Lipinski definition) is 3. The minimum atomic E-state index is -4.12. The fraction of sp³-hybridized carbons (Fsp3) is 0.457. The topological polar surface area (TPSA) is 179 Å². The van der Waals surface area contributed by atoms with E-state index in [0.29, 0.717) is 24.3 Å². The zero-order valence-electron chi connectivity index (χ0n) is 28.7. The Labute approximate surface area is 298 Å². The molecule has 0 radical (unpaired) electrons. The van der Waals surface area contributed by atoms with E-state index < -0.39 is 54.6 Å². The first-order chi connectivity index (χ1) is 24.3. The molecular formula is C35H45N2O12PS. The molecule has 0 aromatic heterocycles. The number of alkyl carbamates (subject to hydrolysis) is 1. The molecule has 2 fully saturated rings. The van der Waals surface area contributed by atoms with Crippen LogP contribution in [0, 0.1) is 11.8 Å². The molecule has 1 amide bonds. The van der Waals surface area contributed by atoms with Gasteiger partial charge in [-0.15, -0.1) is 0 Å². The Morgan fingerprint density at radius 2 is 1.67 bits per heavy atom. The number of para-hydroxylation sites is 1. The summed E-state index contributed by atoms with van der Waals surface area (Å²) in [5.74, 6) is 0.842. The number of methoxy groups -OCH3 is 1. The summed E-state index contributed by atoms with van der Waals surface area (Å²) in [5.41, 5.74) is 0.654. The molecule has 14 nitrogen and oxygen atoms in total. The molecular weight excluding hydrogens is 703 g/mol. The van der Waals surface area contributed by atoms with E-state index in [0.717, 1.165) is 0 Å². The van der Waals surface area contributed by atoms with Crippen molar-refractivity contribution < 1.29 is 56.0 Å². The highest BCUT2D eigenvalue weighted by molar-refractivity contribution is 7.89. The van der Waals surface area contributed by atoms with Crippen molar-refractivity contribution in [3.63, 3.8) is 0 Å². The number of aliphatic hydroxyl groups is 1. The third kappa shape index (κ3) is 10.7. The summed E-state index contributed by atoms with van der Waals surface area (Å²) in [4.78, 5) is 23.5. The van der Waals surface area contributed by atoms with Gasteiger partial charge in [0, 0.05) is 13.1 Å². The van der Waals surface area contributed by atoms with Crippen LogP contribution in [0.3, 0.4) is 0 Å². The predicted octanol–water partition coefficient (Wildman–Crippen LogP) is 4.40. The molecule has 0 spiro atoms. The fourth-order valence-electron chi connectivity index (χ4n) is 5.87. The molecule has 3 aromatic carbocycles. The Morgan fingerprint density at radius 1 is 0.980 bits per heavy atom. The van der Waals surface area contributed by atoms with Gasteiger partial charge in [-0.2, -0.15) is 4.31 Å². The molecule has 0 bridgehead atoms. The fourth-order valence-corrected chi connectivity index (χ4v) is 8.31. The van der Waals surface area contributed by atoms with Crippen LogP contribution in [-0.4, -0.2) is 93.1 Å². The lowest BCUT2D eigenvalue weighted by atomic mass is 10.0. The van der Waals surface area contributed by atoms with E-state index in [-0.39, 0.29) is 54.3 Å². The highest BCUT2D eigenvalue weighted by atomic mass is 32.2. The molecule has 278 valence electrons. The van der Waals surface area contributed by atoms with Crippen molar-refractivity contribution >= 4 is 23.7 Å². The van der Waals surface area contributed by atoms with E-state index in [4.69, 9.17) is 28.2 Å². The minimum absolute atomic E-state index is 0.0341. The molecule has 3 N–H and O–H groups in total. The van der Waals surface area contributed by atoms with Gasteiger partial charge in [0.25, 0.3) is 0 Å². The predicted molar refractivity (Wildman–Crippen MR) is 186 cm³/mol. The Bertz CT molecular complexity index is 1730. The van der Waals surface area contributed by atoms with Gasteiger partial charge >= 0.3 is 13.7 Å². The van der Waals surface area contributed by atoms with Gasteiger partial charge in [-0.05, 0) is 72.9 Å². The number of nitrogens with zero attached hydrogens (tertiary/aromatic N) is 1. The van der Waals surface area contributed by atoms with E-state index in [2.05, 4.69) is 5.32 Å². The van der Waals surface area contributed by atoms with Crippen LogP contribution in [0.25, 0.3) is 0 Å². The molecule has 0 saturated carbocycles. The zero-order valence-corrected chi connectivity index (χ0v) is 30.4. The molecule has 2 aliphatic rings. The number of aliphatic hydroxyl groups excluding tert-OH is 1. The van der Waals surface area contributed by atoms with E-state index in [9.17, 15) is 27.8 Å². The van der Waals surface area contributed by atoms with Crippen molar-refractivity contribution in [2.75, 3.05) is 39.8 Å². The number of amides is 1. The molecule has 51 heavy (non-hydrogen) atoms. The number of sulfonamides is 1. The van der Waals surface area contributed by atoms with Crippen LogP contribution in [0.15, 0.2) is 83.8 Å². The lowest BCUT2D eigenvalue weighted by Crippen LogP contribution is -2.51. The number of carbonyl (C=O) groups excluding carboxylic acids is 1. The van der Waals surface area contributed by atoms with Crippen molar-refractivity contribution in [2.45, 2.75) is 56.1 Å². The summed E-state index contributed by atoms with van der Waals surface area (Å²) in [6.45, 7) is 4.20. The summed E-state index contributed by atoms with van der Waals surface area (Å²) in [6, 6.07) is 19.7. The highest BCUT2D eigenvalue weighted by Gasteiger charge is 2.44. The summed E-state index contributed by atoms with van der Waals surface area (Å²) in [5, 5.41) is 14.4. The van der Waals surface area contributed by atoms with Crippen LogP contribution in [0.2, 0.25) is 0 Å². The van der Waals surface area contributed by atoms with Crippen LogP contribution in [0.4, 0.5) is 4.79 Å². The molecule has 3 aromatic rings. The minimum Gasteiger partial charge on any atom is -0.497 e. The highest BCUT2D eigenvalue weighted by Crippen LogP contribution is 2.42. The van der Waals surface area contributed by atoms with Crippen molar-refractivity contribution in [1.82, 2.24) is 9.62 Å². The second-order valence-electron chi connectivity index (χ2n) is 12.8. The average Bonchev–Trinajstić information content (AvgIpc) is 3.72. The Morgan fingerprint density at radius 3 is 2.33 bits per heavy atom. The van der Waals surface area contributed by atoms with Crippen molar-refractivity contribution in [2.24, 2.45) is 11.8 Å². The normalized spacial score (nSPS) is 21.0. The molecule has 2 saturated heterocycles. The number of fused-ring (bicyclic) bond motifs is 1. The van der Waals surface area contributed by atoms with Crippen LogP contribution >= 0.6 is 7.60 Å². The number of benzene rings is 3. The molecule has 6 atom stereocenters. The van der Waals surface area contributed by atoms with Crippen LogP contribution in [0.1, 0.15) is 25.8 Å². The first-order valence-electron chi connectivity index (χ1n) is 16.6. The molecule has 2 heterocycles. The van der Waals surface area contributed by atoms with Crippen molar-refractivity contribution in [1.29, 1.82) is 0 Å². The number of ether oxygens (including phenoxy) is 5. The number of rotatable bonds is 17. The zero-order chi connectivity index (χ0) is 36.6. The lowest BCUT2D eigenvalue weighted by Gasteiger charge is -2.31. The SMILES string of the molecule is COc1ccc(S(=O)(=O)N(CC(C)C)C[C@@H](O)[C@H](Cc2ccc(OCP(=O)(O)Oc3ccccc3)cc2)NC(=O)O[C@H]2COC3OCCC32)cc1. The Balaban J connectivity index is 1.30. The van der Waals surface area contributed by atoms with Crippen LogP contribution < -0.4 is 19.3 Å². The maximum atomic E-state index is 13.8. The van der Waals surface area contributed by atoms with Gasteiger partial charge in [0.15, 0.2) is 12.6 Å². The molecule has 3 unspecified atom stereocenters. The monoisotopic (exact) mass is 748 g/mol. The van der Waals surface area contributed by atoms with Gasteiger partial charge in [0.05, 0.1) is 43.3 Å². The Kier molecular flexibility index (Phi) is 13.0. The average molecular weight is 749 g/mol. The third-order valence-corrected chi connectivity index (χ3v) is 11.2. The van der Waals surface area contributed by atoms with Crippen LogP contribution in [0.5, 0.6) is 17.2 Å². The number of carbonyl (C=O) groups is 1. The summed E-state index contributed by atoms with van der Waals surface area (Å²) in [7, 11) is -6.69. The van der Waals surface area contributed by atoms with Gasteiger partial charge in [-0.1, -0.05) is 44.2 Å².